The number of hydrogen-bond donors (Lipinski definition) is 6. The highest BCUT2D eigenvalue weighted by Gasteiger charge is 2.30. The number of amides is 3. The van der Waals surface area contributed by atoms with Crippen molar-refractivity contribution >= 4 is 36.3 Å². The lowest BCUT2D eigenvalue weighted by atomic mass is 9.98. The molecular weight excluding hydrogens is 673 g/mol. The molecule has 6 N–H and O–H groups in total. The van der Waals surface area contributed by atoms with Gasteiger partial charge in [0.2, 0.25) is 17.7 Å². The molecule has 2 unspecified atom stereocenters. The molecule has 0 saturated heterocycles. The van der Waals surface area contributed by atoms with Crippen molar-refractivity contribution < 1.29 is 24.3 Å². The highest BCUT2D eigenvalue weighted by molar-refractivity contribution is 7.81. The van der Waals surface area contributed by atoms with Gasteiger partial charge in [-0.2, -0.15) is 12.6 Å². The molecule has 0 spiro atoms. The van der Waals surface area contributed by atoms with Crippen LogP contribution in [0.1, 0.15) is 32.6 Å². The van der Waals surface area contributed by atoms with Crippen LogP contribution in [0.4, 0.5) is 0 Å². The molecule has 0 aliphatic rings. The first-order valence-electron chi connectivity index (χ1n) is 17.0. The van der Waals surface area contributed by atoms with Crippen LogP contribution in [0.5, 0.6) is 0 Å². The van der Waals surface area contributed by atoms with Crippen LogP contribution in [0.25, 0.3) is 11.1 Å². The summed E-state index contributed by atoms with van der Waals surface area (Å²) in [6.07, 6.45) is 0.628. The molecule has 0 aromatic heterocycles. The summed E-state index contributed by atoms with van der Waals surface area (Å²) >= 11 is 4.53. The van der Waals surface area contributed by atoms with Gasteiger partial charge in [0, 0.05) is 25.4 Å². The first-order chi connectivity index (χ1) is 25.2. The summed E-state index contributed by atoms with van der Waals surface area (Å²) in [5.74, 6) is -2.48. The third kappa shape index (κ3) is 10.9. The van der Waals surface area contributed by atoms with E-state index in [1.807, 2.05) is 115 Å². The summed E-state index contributed by atoms with van der Waals surface area (Å²) in [4.78, 5) is 52.6. The maximum absolute atomic E-state index is 14.1. The number of aromatic carboxylic acids is 1. The molecule has 5 aromatic carbocycles. The molecule has 0 heterocycles. The smallest absolute Gasteiger partial charge is 0.335 e. The molecule has 0 aliphatic heterocycles. The van der Waals surface area contributed by atoms with Crippen LogP contribution in [-0.4, -0.2) is 52.2 Å². The minimum atomic E-state index is -1.06. The van der Waals surface area contributed by atoms with Crippen molar-refractivity contribution in [3.8, 4) is 11.1 Å². The highest BCUT2D eigenvalue weighted by Crippen LogP contribution is 2.20. The zero-order chi connectivity index (χ0) is 36.9. The van der Waals surface area contributed by atoms with Crippen molar-refractivity contribution in [3.05, 3.63) is 167 Å². The largest absolute Gasteiger partial charge is 0.478 e. The number of carboxylic acids is 1. The Morgan fingerprint density at radius 3 is 1.56 bits per heavy atom. The van der Waals surface area contributed by atoms with Gasteiger partial charge < -0.3 is 26.8 Å². The van der Waals surface area contributed by atoms with Crippen molar-refractivity contribution in [2.24, 2.45) is 5.73 Å². The Hall–Kier alpha value is -5.71. The average molecular weight is 715 g/mol. The van der Waals surface area contributed by atoms with Crippen LogP contribution in [0, 0.1) is 0 Å². The molecule has 0 aliphatic carbocycles. The van der Waals surface area contributed by atoms with Gasteiger partial charge in [-0.1, -0.05) is 127 Å². The molecule has 4 atom stereocenters. The van der Waals surface area contributed by atoms with Crippen molar-refractivity contribution in [3.63, 3.8) is 0 Å². The van der Waals surface area contributed by atoms with E-state index in [0.29, 0.717) is 0 Å². The topological polar surface area (TPSA) is 151 Å². The third-order valence-corrected chi connectivity index (χ3v) is 9.32. The van der Waals surface area contributed by atoms with Crippen molar-refractivity contribution in [2.75, 3.05) is 0 Å². The quantitative estimate of drug-likeness (QED) is 0.0794. The van der Waals surface area contributed by atoms with Crippen LogP contribution in [0.2, 0.25) is 0 Å². The van der Waals surface area contributed by atoms with Gasteiger partial charge in [-0.15, -0.1) is 0 Å². The molecule has 0 fully saturated rings. The van der Waals surface area contributed by atoms with Gasteiger partial charge in [-0.25, -0.2) is 4.79 Å². The van der Waals surface area contributed by atoms with E-state index in [4.69, 9.17) is 5.73 Å². The van der Waals surface area contributed by atoms with Crippen molar-refractivity contribution in [2.45, 2.75) is 49.2 Å². The summed E-state index contributed by atoms with van der Waals surface area (Å²) in [7, 11) is 0. The molecule has 0 saturated carbocycles. The number of carbonyl (C=O) groups excluding carboxylic acids is 3. The van der Waals surface area contributed by atoms with Gasteiger partial charge in [0.15, 0.2) is 0 Å². The van der Waals surface area contributed by atoms with E-state index < -0.39 is 41.2 Å². The Labute approximate surface area is 309 Å². The lowest BCUT2D eigenvalue weighted by Crippen LogP contribution is -2.57. The average Bonchev–Trinajstić information content (AvgIpc) is 3.17. The van der Waals surface area contributed by atoms with E-state index in [9.17, 15) is 24.3 Å². The van der Waals surface area contributed by atoms with Gasteiger partial charge in [0.05, 0.1) is 10.8 Å². The van der Waals surface area contributed by atoms with E-state index in [2.05, 4.69) is 28.6 Å². The molecule has 266 valence electrons. The molecule has 52 heavy (non-hydrogen) atoms. The molecule has 3 amide bonds. The van der Waals surface area contributed by atoms with Gasteiger partial charge in [0.25, 0.3) is 0 Å². The zero-order valence-electron chi connectivity index (χ0n) is 28.5. The summed E-state index contributed by atoms with van der Waals surface area (Å²) in [6, 6.07) is 40.0. The minimum Gasteiger partial charge on any atom is -0.478 e. The van der Waals surface area contributed by atoms with Crippen LogP contribution >= 0.6 is 12.6 Å². The van der Waals surface area contributed by atoms with E-state index in [1.165, 1.54) is 12.1 Å². The van der Waals surface area contributed by atoms with Gasteiger partial charge in [-0.3, -0.25) is 14.4 Å². The van der Waals surface area contributed by atoms with Crippen LogP contribution in [-0.2, 0) is 40.2 Å². The molecule has 0 radical (unpaired) electrons. The normalized spacial score (nSPS) is 13.2. The van der Waals surface area contributed by atoms with Gasteiger partial charge in [0.1, 0.15) is 12.1 Å². The van der Waals surface area contributed by atoms with E-state index >= 15 is 0 Å². The minimum absolute atomic E-state index is 0.141. The summed E-state index contributed by atoms with van der Waals surface area (Å²) in [5.41, 5.74) is 11.9. The maximum atomic E-state index is 14.1. The standard InChI is InChI=1S/C42H42N4O5S/c43-35(24-29-18-22-34(23-19-29)42(50)51)38(52)41(49)46-37(26-30-16-20-33(21-17-30)32-14-8-3-9-15-32)40(48)45-36(25-28-10-4-1-5-11-28)39(47)44-27-31-12-6-2-7-13-31/h1-23,35-38,52H,24-27,43H2,(H,44,47)(H,45,48)(H,46,49)(H,50,51)/t35-,36?,37?,38-/m0/s1. The number of carboxylic acid groups (broad SMARTS) is 1. The van der Waals surface area contributed by atoms with E-state index in [-0.39, 0.29) is 37.3 Å². The Bertz CT molecular complexity index is 1930. The van der Waals surface area contributed by atoms with Gasteiger partial charge >= 0.3 is 5.97 Å². The number of nitrogens with two attached hydrogens (primary N) is 1. The van der Waals surface area contributed by atoms with Crippen molar-refractivity contribution in [1.29, 1.82) is 0 Å². The Morgan fingerprint density at radius 2 is 0.981 bits per heavy atom. The molecule has 9 nitrogen and oxygen atoms in total. The fourth-order valence-corrected chi connectivity index (χ4v) is 5.95. The molecule has 5 rings (SSSR count). The van der Waals surface area contributed by atoms with Crippen LogP contribution in [0.3, 0.4) is 0 Å². The second-order valence-corrected chi connectivity index (χ2v) is 13.2. The van der Waals surface area contributed by atoms with Gasteiger partial charge in [-0.05, 0) is 51.9 Å². The number of rotatable bonds is 16. The second kappa shape index (κ2) is 18.5. The summed E-state index contributed by atoms with van der Waals surface area (Å²) in [6.45, 7) is 0.285. The second-order valence-electron chi connectivity index (χ2n) is 12.6. The summed E-state index contributed by atoms with van der Waals surface area (Å²) < 4.78 is 0. The van der Waals surface area contributed by atoms with Crippen LogP contribution < -0.4 is 21.7 Å². The number of benzene rings is 5. The van der Waals surface area contributed by atoms with Crippen molar-refractivity contribution in [1.82, 2.24) is 16.0 Å². The molecular formula is C42H42N4O5S. The lowest BCUT2D eigenvalue weighted by molar-refractivity contribution is -0.132. The Balaban J connectivity index is 1.34. The Kier molecular flexibility index (Phi) is 13.4. The third-order valence-electron chi connectivity index (χ3n) is 8.71. The number of hydrogen-bond acceptors (Lipinski definition) is 6. The number of thiol groups is 1. The zero-order valence-corrected chi connectivity index (χ0v) is 29.4. The predicted molar refractivity (Wildman–Crippen MR) is 206 cm³/mol. The van der Waals surface area contributed by atoms with E-state index in [1.54, 1.807) is 12.1 Å². The maximum Gasteiger partial charge on any atom is 0.335 e. The van der Waals surface area contributed by atoms with E-state index in [0.717, 1.165) is 33.4 Å². The highest BCUT2D eigenvalue weighted by atomic mass is 32.1. The number of carbonyl (C=O) groups is 4. The molecule has 5 aromatic rings. The molecule has 0 bridgehead atoms. The lowest BCUT2D eigenvalue weighted by Gasteiger charge is -2.26. The summed E-state index contributed by atoms with van der Waals surface area (Å²) in [5, 5.41) is 16.9. The number of nitrogens with one attached hydrogen (secondary N) is 3. The fraction of sp³-hybridized carbons (Fsp3) is 0.190. The monoisotopic (exact) mass is 714 g/mol. The first-order valence-corrected chi connectivity index (χ1v) is 17.5. The first kappa shape index (κ1) is 37.5. The SMILES string of the molecule is N[C@@H](Cc1ccc(C(=O)O)cc1)[C@H](S)C(=O)NC(Cc1ccc(-c2ccccc2)cc1)C(=O)NC(Cc1ccccc1)C(=O)NCc1ccccc1. The molecule has 10 heteroatoms. The Morgan fingerprint density at radius 1 is 0.538 bits per heavy atom. The predicted octanol–water partition coefficient (Wildman–Crippen LogP) is 4.99. The fourth-order valence-electron chi connectivity index (χ4n) is 5.77. The van der Waals surface area contributed by atoms with Crippen LogP contribution in [0.15, 0.2) is 140 Å².